The summed E-state index contributed by atoms with van der Waals surface area (Å²) in [6.45, 7) is 6.36. The Morgan fingerprint density at radius 2 is 2.18 bits per heavy atom. The van der Waals surface area contributed by atoms with Crippen molar-refractivity contribution in [2.45, 2.75) is 46.6 Å². The maximum absolute atomic E-state index is 11.5. The number of hydrogen-bond donors (Lipinski definition) is 0. The molecule has 4 heteroatoms. The molecular weight excluding hydrogens is 214 g/mol. The first-order valence-corrected chi connectivity index (χ1v) is 5.90. The maximum Gasteiger partial charge on any atom is 0.347 e. The van der Waals surface area contributed by atoms with Crippen molar-refractivity contribution in [1.29, 1.82) is 5.26 Å². The monoisotopic (exact) mass is 233 g/mol. The zero-order valence-corrected chi connectivity index (χ0v) is 10.7. The molecule has 0 amide bonds. The molecule has 0 aliphatic heterocycles. The minimum atomic E-state index is -0.267. The van der Waals surface area contributed by atoms with Crippen LogP contribution in [0.3, 0.4) is 0 Å². The van der Waals surface area contributed by atoms with E-state index in [9.17, 15) is 4.79 Å². The summed E-state index contributed by atoms with van der Waals surface area (Å²) in [7, 11) is 0. The first kappa shape index (κ1) is 13.4. The fourth-order valence-electron chi connectivity index (χ4n) is 1.59. The molecule has 1 rings (SSSR count). The largest absolute Gasteiger partial charge is 0.347 e. The van der Waals surface area contributed by atoms with Crippen LogP contribution in [0.15, 0.2) is 17.1 Å². The van der Waals surface area contributed by atoms with Gasteiger partial charge in [0, 0.05) is 18.4 Å². The van der Waals surface area contributed by atoms with Crippen molar-refractivity contribution in [3.8, 4) is 6.07 Å². The average molecular weight is 233 g/mol. The molecule has 1 aromatic rings. The highest BCUT2D eigenvalue weighted by atomic mass is 16.1. The van der Waals surface area contributed by atoms with E-state index in [1.807, 2.05) is 19.9 Å². The van der Waals surface area contributed by atoms with E-state index in [0.717, 1.165) is 25.0 Å². The molecule has 0 saturated carbocycles. The van der Waals surface area contributed by atoms with Gasteiger partial charge in [0.05, 0.1) is 11.5 Å². The number of nitriles is 1. The van der Waals surface area contributed by atoms with Crippen LogP contribution in [-0.2, 0) is 6.54 Å². The molecule has 1 aromatic heterocycles. The molecule has 0 saturated heterocycles. The van der Waals surface area contributed by atoms with Gasteiger partial charge in [-0.2, -0.15) is 10.2 Å². The first-order chi connectivity index (χ1) is 7.94. The Morgan fingerprint density at radius 1 is 1.47 bits per heavy atom. The van der Waals surface area contributed by atoms with E-state index < -0.39 is 0 Å². The lowest BCUT2D eigenvalue weighted by Gasteiger charge is -2.14. The highest BCUT2D eigenvalue weighted by molar-refractivity contribution is 4.95. The van der Waals surface area contributed by atoms with Crippen LogP contribution in [0.1, 0.15) is 38.8 Å². The SMILES string of the molecule is Cc1ccn(CCCCC(C)(C)C#N)c(=O)n1. The van der Waals surface area contributed by atoms with Crippen molar-refractivity contribution in [2.75, 3.05) is 0 Å². The van der Waals surface area contributed by atoms with E-state index in [4.69, 9.17) is 5.26 Å². The summed E-state index contributed by atoms with van der Waals surface area (Å²) >= 11 is 0. The Labute approximate surface area is 102 Å². The number of nitrogens with zero attached hydrogens (tertiary/aromatic N) is 3. The minimum Gasteiger partial charge on any atom is -0.299 e. The van der Waals surface area contributed by atoms with Crippen LogP contribution in [-0.4, -0.2) is 9.55 Å². The van der Waals surface area contributed by atoms with Gasteiger partial charge in [0.25, 0.3) is 0 Å². The maximum atomic E-state index is 11.5. The molecule has 4 nitrogen and oxygen atoms in total. The van der Waals surface area contributed by atoms with Crippen LogP contribution >= 0.6 is 0 Å². The van der Waals surface area contributed by atoms with Crippen LogP contribution < -0.4 is 5.69 Å². The molecule has 0 fully saturated rings. The summed E-state index contributed by atoms with van der Waals surface area (Å²) in [4.78, 5) is 15.4. The number of aromatic nitrogens is 2. The topological polar surface area (TPSA) is 58.7 Å². The second-order valence-corrected chi connectivity index (χ2v) is 5.00. The number of unbranched alkanes of at least 4 members (excludes halogenated alkanes) is 1. The van der Waals surface area contributed by atoms with Gasteiger partial charge in [0.2, 0.25) is 0 Å². The summed E-state index contributed by atoms with van der Waals surface area (Å²) in [6, 6.07) is 4.11. The molecule has 0 aromatic carbocycles. The summed E-state index contributed by atoms with van der Waals surface area (Å²) < 4.78 is 1.62. The van der Waals surface area contributed by atoms with E-state index in [-0.39, 0.29) is 11.1 Å². The van der Waals surface area contributed by atoms with Crippen molar-refractivity contribution in [3.05, 3.63) is 28.4 Å². The standard InChI is InChI=1S/C13H19N3O/c1-11-6-9-16(12(17)15-11)8-5-4-7-13(2,3)10-14/h6,9H,4-5,7-8H2,1-3H3. The van der Waals surface area contributed by atoms with E-state index >= 15 is 0 Å². The number of aryl methyl sites for hydroxylation is 2. The lowest BCUT2D eigenvalue weighted by Crippen LogP contribution is -2.23. The fourth-order valence-corrected chi connectivity index (χ4v) is 1.59. The summed E-state index contributed by atoms with van der Waals surface area (Å²) in [5, 5.41) is 8.87. The van der Waals surface area contributed by atoms with Crippen LogP contribution in [0.25, 0.3) is 0 Å². The third-order valence-corrected chi connectivity index (χ3v) is 2.77. The fraction of sp³-hybridized carbons (Fsp3) is 0.615. The van der Waals surface area contributed by atoms with Crippen molar-refractivity contribution in [3.63, 3.8) is 0 Å². The molecule has 0 bridgehead atoms. The molecule has 0 aliphatic rings. The van der Waals surface area contributed by atoms with E-state index in [0.29, 0.717) is 6.54 Å². The Balaban J connectivity index is 2.42. The second kappa shape index (κ2) is 5.62. The number of hydrogen-bond acceptors (Lipinski definition) is 3. The quantitative estimate of drug-likeness (QED) is 0.733. The molecule has 0 N–H and O–H groups in total. The molecule has 92 valence electrons. The van der Waals surface area contributed by atoms with Gasteiger partial charge in [0.1, 0.15) is 0 Å². The van der Waals surface area contributed by atoms with Crippen LogP contribution in [0, 0.1) is 23.7 Å². The zero-order chi connectivity index (χ0) is 12.9. The summed E-state index contributed by atoms with van der Waals surface area (Å²) in [6.07, 6.45) is 4.48. The van der Waals surface area contributed by atoms with Crippen LogP contribution in [0.5, 0.6) is 0 Å². The molecular formula is C13H19N3O. The average Bonchev–Trinajstić information content (AvgIpc) is 2.27. The third kappa shape index (κ3) is 4.39. The number of rotatable bonds is 5. The molecule has 0 aliphatic carbocycles. The van der Waals surface area contributed by atoms with Gasteiger partial charge in [0.15, 0.2) is 0 Å². The summed E-state index contributed by atoms with van der Waals surface area (Å²) in [5.41, 5.74) is 0.289. The van der Waals surface area contributed by atoms with Gasteiger partial charge in [-0.25, -0.2) is 4.79 Å². The summed E-state index contributed by atoms with van der Waals surface area (Å²) in [5.74, 6) is 0. The van der Waals surface area contributed by atoms with E-state index in [2.05, 4.69) is 11.1 Å². The Bertz CT molecular complexity index is 468. The molecule has 0 unspecified atom stereocenters. The van der Waals surface area contributed by atoms with Gasteiger partial charge >= 0.3 is 5.69 Å². The highest BCUT2D eigenvalue weighted by Crippen LogP contribution is 2.21. The normalized spacial score (nSPS) is 11.2. The molecule has 1 heterocycles. The smallest absolute Gasteiger partial charge is 0.299 e. The van der Waals surface area contributed by atoms with Crippen molar-refractivity contribution in [2.24, 2.45) is 5.41 Å². The lowest BCUT2D eigenvalue weighted by molar-refractivity contribution is 0.414. The second-order valence-electron chi connectivity index (χ2n) is 5.00. The molecule has 17 heavy (non-hydrogen) atoms. The van der Waals surface area contributed by atoms with Crippen molar-refractivity contribution < 1.29 is 0 Å². The van der Waals surface area contributed by atoms with Gasteiger partial charge in [-0.1, -0.05) is 6.42 Å². The van der Waals surface area contributed by atoms with Gasteiger partial charge < -0.3 is 0 Å². The molecule has 0 atom stereocenters. The van der Waals surface area contributed by atoms with Gasteiger partial charge in [-0.05, 0) is 39.7 Å². The van der Waals surface area contributed by atoms with E-state index in [1.165, 1.54) is 0 Å². The van der Waals surface area contributed by atoms with E-state index in [1.54, 1.807) is 17.7 Å². The van der Waals surface area contributed by atoms with Crippen molar-refractivity contribution >= 4 is 0 Å². The van der Waals surface area contributed by atoms with Crippen LogP contribution in [0.4, 0.5) is 0 Å². The highest BCUT2D eigenvalue weighted by Gasteiger charge is 2.15. The Morgan fingerprint density at radius 3 is 2.76 bits per heavy atom. The van der Waals surface area contributed by atoms with Crippen LogP contribution in [0.2, 0.25) is 0 Å². The Kier molecular flexibility index (Phi) is 4.45. The zero-order valence-electron chi connectivity index (χ0n) is 10.7. The predicted molar refractivity (Wildman–Crippen MR) is 66.5 cm³/mol. The third-order valence-electron chi connectivity index (χ3n) is 2.77. The first-order valence-electron chi connectivity index (χ1n) is 5.90. The lowest BCUT2D eigenvalue weighted by atomic mass is 9.89. The van der Waals surface area contributed by atoms with Gasteiger partial charge in [-0.3, -0.25) is 4.57 Å². The Hall–Kier alpha value is -1.63. The predicted octanol–water partition coefficient (Wildman–Crippen LogP) is 2.27. The minimum absolute atomic E-state index is 0.190. The van der Waals surface area contributed by atoms with Crippen molar-refractivity contribution in [1.82, 2.24) is 9.55 Å². The molecule has 0 spiro atoms. The van der Waals surface area contributed by atoms with Gasteiger partial charge in [-0.15, -0.1) is 0 Å². The molecule has 0 radical (unpaired) electrons.